The van der Waals surface area contributed by atoms with Gasteiger partial charge in [0.15, 0.2) is 6.61 Å². The standard InChI is InChI=1S/C18H19NO3S/c1-12-8-9-14(10-13(12)2)18(21)22-11-17(20)19-15-6-4-5-7-16(15)23-3/h4-10H,11H2,1-3H3,(H,19,20). The quantitative estimate of drug-likeness (QED) is 0.669. The number of para-hydroxylation sites is 1. The molecule has 0 aliphatic carbocycles. The number of nitrogens with one attached hydrogen (secondary N) is 1. The molecule has 5 heteroatoms. The van der Waals surface area contributed by atoms with Gasteiger partial charge < -0.3 is 10.1 Å². The summed E-state index contributed by atoms with van der Waals surface area (Å²) in [6.45, 7) is 3.59. The molecule has 0 aliphatic heterocycles. The fraction of sp³-hybridized carbons (Fsp3) is 0.222. The lowest BCUT2D eigenvalue weighted by molar-refractivity contribution is -0.119. The Balaban J connectivity index is 1.93. The maximum atomic E-state index is 12.0. The largest absolute Gasteiger partial charge is 0.452 e. The van der Waals surface area contributed by atoms with E-state index in [0.717, 1.165) is 16.0 Å². The van der Waals surface area contributed by atoms with Gasteiger partial charge in [0.05, 0.1) is 11.3 Å². The number of esters is 1. The van der Waals surface area contributed by atoms with Gasteiger partial charge in [0.1, 0.15) is 0 Å². The van der Waals surface area contributed by atoms with E-state index in [1.165, 1.54) is 11.8 Å². The lowest BCUT2D eigenvalue weighted by Crippen LogP contribution is -2.21. The third-order valence-electron chi connectivity index (χ3n) is 3.46. The summed E-state index contributed by atoms with van der Waals surface area (Å²) < 4.78 is 5.07. The highest BCUT2D eigenvalue weighted by atomic mass is 32.2. The highest BCUT2D eigenvalue weighted by molar-refractivity contribution is 7.98. The molecule has 0 saturated heterocycles. The molecule has 2 rings (SSSR count). The summed E-state index contributed by atoms with van der Waals surface area (Å²) >= 11 is 1.54. The van der Waals surface area contributed by atoms with Crippen LogP contribution in [0.5, 0.6) is 0 Å². The summed E-state index contributed by atoms with van der Waals surface area (Å²) in [5, 5.41) is 2.75. The maximum absolute atomic E-state index is 12.0. The normalized spacial score (nSPS) is 10.2. The van der Waals surface area contributed by atoms with Crippen molar-refractivity contribution in [2.75, 3.05) is 18.2 Å². The van der Waals surface area contributed by atoms with Crippen molar-refractivity contribution in [3.05, 3.63) is 59.2 Å². The van der Waals surface area contributed by atoms with Crippen molar-refractivity contribution in [1.82, 2.24) is 0 Å². The van der Waals surface area contributed by atoms with E-state index in [0.29, 0.717) is 11.3 Å². The van der Waals surface area contributed by atoms with Crippen molar-refractivity contribution >= 4 is 29.3 Å². The minimum absolute atomic E-state index is 0.311. The van der Waals surface area contributed by atoms with Crippen LogP contribution >= 0.6 is 11.8 Å². The second kappa shape index (κ2) is 7.83. The molecule has 0 unspecified atom stereocenters. The number of carbonyl (C=O) groups excluding carboxylic acids is 2. The average Bonchev–Trinajstić information content (AvgIpc) is 2.55. The summed E-state index contributed by atoms with van der Waals surface area (Å²) in [4.78, 5) is 24.9. The molecule has 120 valence electrons. The lowest BCUT2D eigenvalue weighted by atomic mass is 10.1. The van der Waals surface area contributed by atoms with E-state index in [1.54, 1.807) is 12.1 Å². The molecule has 0 aliphatic rings. The van der Waals surface area contributed by atoms with Gasteiger partial charge in [-0.3, -0.25) is 4.79 Å². The first-order valence-corrected chi connectivity index (χ1v) is 8.41. The van der Waals surface area contributed by atoms with E-state index in [-0.39, 0.29) is 12.5 Å². The van der Waals surface area contributed by atoms with Crippen LogP contribution in [0.25, 0.3) is 0 Å². The molecular formula is C18H19NO3S. The van der Waals surface area contributed by atoms with Crippen LogP contribution in [0.2, 0.25) is 0 Å². The molecule has 23 heavy (non-hydrogen) atoms. The number of benzene rings is 2. The van der Waals surface area contributed by atoms with Crippen LogP contribution in [0.15, 0.2) is 47.4 Å². The van der Waals surface area contributed by atoms with Gasteiger partial charge in [0.25, 0.3) is 5.91 Å². The molecule has 0 atom stereocenters. The van der Waals surface area contributed by atoms with Crippen molar-refractivity contribution in [2.24, 2.45) is 0 Å². The second-order valence-electron chi connectivity index (χ2n) is 5.12. The van der Waals surface area contributed by atoms with Gasteiger partial charge in [-0.2, -0.15) is 0 Å². The predicted molar refractivity (Wildman–Crippen MR) is 93.1 cm³/mol. The van der Waals surface area contributed by atoms with Gasteiger partial charge in [0, 0.05) is 4.90 Å². The Hall–Kier alpha value is -2.27. The van der Waals surface area contributed by atoms with Gasteiger partial charge in [-0.15, -0.1) is 11.8 Å². The Morgan fingerprint density at radius 2 is 1.83 bits per heavy atom. The minimum atomic E-state index is -0.499. The number of ether oxygens (including phenoxy) is 1. The molecule has 0 heterocycles. The monoisotopic (exact) mass is 329 g/mol. The van der Waals surface area contributed by atoms with E-state index in [9.17, 15) is 9.59 Å². The number of rotatable bonds is 5. The van der Waals surface area contributed by atoms with Gasteiger partial charge in [-0.1, -0.05) is 18.2 Å². The molecule has 2 aromatic rings. The topological polar surface area (TPSA) is 55.4 Å². The molecule has 0 saturated carbocycles. The van der Waals surface area contributed by atoms with E-state index in [2.05, 4.69) is 5.32 Å². The van der Waals surface area contributed by atoms with Crippen LogP contribution in [-0.4, -0.2) is 24.7 Å². The summed E-state index contributed by atoms with van der Waals surface area (Å²) in [5.74, 6) is -0.856. The van der Waals surface area contributed by atoms with Gasteiger partial charge >= 0.3 is 5.97 Å². The van der Waals surface area contributed by atoms with E-state index < -0.39 is 5.97 Å². The highest BCUT2D eigenvalue weighted by Crippen LogP contribution is 2.24. The zero-order valence-electron chi connectivity index (χ0n) is 13.4. The summed E-state index contributed by atoms with van der Waals surface area (Å²) in [7, 11) is 0. The number of amides is 1. The van der Waals surface area contributed by atoms with Crippen molar-refractivity contribution in [1.29, 1.82) is 0 Å². The molecule has 1 amide bonds. The van der Waals surface area contributed by atoms with Gasteiger partial charge in [0.2, 0.25) is 0 Å². The zero-order chi connectivity index (χ0) is 16.8. The van der Waals surface area contributed by atoms with Crippen LogP contribution in [0.1, 0.15) is 21.5 Å². The second-order valence-corrected chi connectivity index (χ2v) is 5.97. The molecule has 0 radical (unpaired) electrons. The Morgan fingerprint density at radius 1 is 1.09 bits per heavy atom. The molecule has 4 nitrogen and oxygen atoms in total. The molecule has 0 aromatic heterocycles. The highest BCUT2D eigenvalue weighted by Gasteiger charge is 2.12. The van der Waals surface area contributed by atoms with Crippen LogP contribution < -0.4 is 5.32 Å². The van der Waals surface area contributed by atoms with Crippen LogP contribution in [0.4, 0.5) is 5.69 Å². The third-order valence-corrected chi connectivity index (χ3v) is 4.25. The van der Waals surface area contributed by atoms with Crippen molar-refractivity contribution in [3.63, 3.8) is 0 Å². The van der Waals surface area contributed by atoms with Crippen molar-refractivity contribution < 1.29 is 14.3 Å². The summed E-state index contributed by atoms with van der Waals surface area (Å²) in [6, 6.07) is 12.8. The van der Waals surface area contributed by atoms with Gasteiger partial charge in [-0.05, 0) is 55.5 Å². The Labute approximate surface area is 140 Å². The zero-order valence-corrected chi connectivity index (χ0v) is 14.2. The van der Waals surface area contributed by atoms with Crippen molar-refractivity contribution in [3.8, 4) is 0 Å². The molecule has 2 aromatic carbocycles. The molecule has 0 fully saturated rings. The number of thioether (sulfide) groups is 1. The number of hydrogen-bond acceptors (Lipinski definition) is 4. The summed E-state index contributed by atoms with van der Waals surface area (Å²) in [5.41, 5.74) is 3.28. The fourth-order valence-corrected chi connectivity index (χ4v) is 2.57. The molecule has 0 spiro atoms. The van der Waals surface area contributed by atoms with E-state index >= 15 is 0 Å². The maximum Gasteiger partial charge on any atom is 0.338 e. The Morgan fingerprint density at radius 3 is 2.52 bits per heavy atom. The Kier molecular flexibility index (Phi) is 5.82. The van der Waals surface area contributed by atoms with E-state index in [4.69, 9.17) is 4.74 Å². The first kappa shape index (κ1) is 17.1. The predicted octanol–water partition coefficient (Wildman–Crippen LogP) is 3.82. The minimum Gasteiger partial charge on any atom is -0.452 e. The fourth-order valence-electron chi connectivity index (χ4n) is 2.02. The molecular weight excluding hydrogens is 310 g/mol. The SMILES string of the molecule is CSc1ccccc1NC(=O)COC(=O)c1ccc(C)c(C)c1. The smallest absolute Gasteiger partial charge is 0.338 e. The third kappa shape index (κ3) is 4.60. The Bertz CT molecular complexity index is 728. The van der Waals surface area contributed by atoms with E-state index in [1.807, 2.05) is 50.4 Å². The molecule has 0 bridgehead atoms. The first-order valence-electron chi connectivity index (χ1n) is 7.18. The van der Waals surface area contributed by atoms with Gasteiger partial charge in [-0.25, -0.2) is 4.79 Å². The van der Waals surface area contributed by atoms with Crippen molar-refractivity contribution in [2.45, 2.75) is 18.7 Å². The number of anilines is 1. The average molecular weight is 329 g/mol. The lowest BCUT2D eigenvalue weighted by Gasteiger charge is -2.10. The first-order chi connectivity index (χ1) is 11.0. The van der Waals surface area contributed by atoms with Crippen LogP contribution in [-0.2, 0) is 9.53 Å². The van der Waals surface area contributed by atoms with Crippen LogP contribution in [0.3, 0.4) is 0 Å². The number of carbonyl (C=O) groups is 2. The summed E-state index contributed by atoms with van der Waals surface area (Å²) in [6.07, 6.45) is 1.94. The number of hydrogen-bond donors (Lipinski definition) is 1. The van der Waals surface area contributed by atoms with Crippen LogP contribution in [0, 0.1) is 13.8 Å². The number of aryl methyl sites for hydroxylation is 2. The molecule has 1 N–H and O–H groups in total.